The number of sulfonamides is 1. The van der Waals surface area contributed by atoms with Crippen molar-refractivity contribution < 1.29 is 17.9 Å². The molecule has 2 heterocycles. The van der Waals surface area contributed by atoms with Crippen molar-refractivity contribution in [1.82, 2.24) is 24.1 Å². The van der Waals surface area contributed by atoms with E-state index in [4.69, 9.17) is 4.74 Å². The molecule has 0 aliphatic carbocycles. The number of hydrogen-bond acceptors (Lipinski definition) is 5. The van der Waals surface area contributed by atoms with E-state index < -0.39 is 10.0 Å². The van der Waals surface area contributed by atoms with Gasteiger partial charge in [0.15, 0.2) is 5.03 Å². The van der Waals surface area contributed by atoms with Crippen LogP contribution in [-0.2, 0) is 21.8 Å². The average Bonchev–Trinajstić information content (AvgIpc) is 2.92. The van der Waals surface area contributed by atoms with Gasteiger partial charge in [-0.15, -0.1) is 0 Å². The van der Waals surface area contributed by atoms with Gasteiger partial charge in [0.25, 0.3) is 10.0 Å². The number of ether oxygens (including phenoxy) is 1. The first-order valence-electron chi connectivity index (χ1n) is 8.27. The fourth-order valence-electron chi connectivity index (χ4n) is 2.72. The van der Waals surface area contributed by atoms with E-state index in [2.05, 4.69) is 9.71 Å². The summed E-state index contributed by atoms with van der Waals surface area (Å²) in [6, 6.07) is -0.0648. The highest BCUT2D eigenvalue weighted by Gasteiger charge is 2.27. The van der Waals surface area contributed by atoms with Gasteiger partial charge >= 0.3 is 6.03 Å². The summed E-state index contributed by atoms with van der Waals surface area (Å²) in [5.74, 6) is 0.618. The molecule has 1 fully saturated rings. The smallest absolute Gasteiger partial charge is 0.319 e. The molecule has 142 valence electrons. The monoisotopic (exact) mass is 373 g/mol. The van der Waals surface area contributed by atoms with E-state index in [0.717, 1.165) is 12.8 Å². The predicted octanol–water partition coefficient (Wildman–Crippen LogP) is 0.169. The van der Waals surface area contributed by atoms with Gasteiger partial charge in [0.2, 0.25) is 0 Å². The topological polar surface area (TPSA) is 96.8 Å². The molecule has 2 amide bonds. The predicted molar refractivity (Wildman–Crippen MR) is 92.8 cm³/mol. The van der Waals surface area contributed by atoms with Gasteiger partial charge in [-0.1, -0.05) is 0 Å². The number of hydrogen-bond donors (Lipinski definition) is 1. The van der Waals surface area contributed by atoms with Crippen molar-refractivity contribution in [3.63, 3.8) is 0 Å². The zero-order valence-electron chi connectivity index (χ0n) is 15.2. The Hall–Kier alpha value is -1.65. The zero-order valence-corrected chi connectivity index (χ0v) is 16.0. The Morgan fingerprint density at radius 2 is 2.04 bits per heavy atom. The number of aromatic nitrogens is 2. The first kappa shape index (κ1) is 19.7. The molecule has 1 aromatic rings. The zero-order chi connectivity index (χ0) is 18.6. The highest BCUT2D eigenvalue weighted by molar-refractivity contribution is 7.89. The lowest BCUT2D eigenvalue weighted by molar-refractivity contribution is 0.0421. The molecule has 0 spiro atoms. The summed E-state index contributed by atoms with van der Waals surface area (Å²) < 4.78 is 34.2. The van der Waals surface area contributed by atoms with Gasteiger partial charge in [-0.05, 0) is 19.8 Å². The summed E-state index contributed by atoms with van der Waals surface area (Å²) in [5, 5.41) is -0.0101. The molecule has 0 atom stereocenters. The van der Waals surface area contributed by atoms with E-state index in [0.29, 0.717) is 25.6 Å². The molecular weight excluding hydrogens is 346 g/mol. The molecule has 9 nitrogen and oxygen atoms in total. The maximum Gasteiger partial charge on any atom is 0.319 e. The number of carbonyl (C=O) groups excluding carboxylic acids is 1. The Kier molecular flexibility index (Phi) is 6.42. The molecule has 10 heteroatoms. The third-order valence-corrected chi connectivity index (χ3v) is 5.60. The van der Waals surface area contributed by atoms with Crippen molar-refractivity contribution in [1.29, 1.82) is 0 Å². The Balaban J connectivity index is 2.01. The minimum atomic E-state index is -3.69. The summed E-state index contributed by atoms with van der Waals surface area (Å²) in [5.41, 5.74) is 0. The summed E-state index contributed by atoms with van der Waals surface area (Å²) >= 11 is 0. The van der Waals surface area contributed by atoms with Crippen LogP contribution in [-0.4, -0.2) is 80.2 Å². The maximum absolute atomic E-state index is 12.4. The molecule has 0 radical (unpaired) electrons. The first-order chi connectivity index (χ1) is 11.7. The maximum atomic E-state index is 12.4. The molecule has 1 aliphatic rings. The molecule has 1 saturated heterocycles. The highest BCUT2D eigenvalue weighted by Crippen LogP contribution is 2.15. The van der Waals surface area contributed by atoms with Gasteiger partial charge in [-0.3, -0.25) is 0 Å². The van der Waals surface area contributed by atoms with Crippen LogP contribution in [0, 0.1) is 6.92 Å². The third kappa shape index (κ3) is 4.93. The Morgan fingerprint density at radius 1 is 1.40 bits per heavy atom. The number of urea groups is 1. The van der Waals surface area contributed by atoms with Crippen LogP contribution in [0.3, 0.4) is 0 Å². The van der Waals surface area contributed by atoms with Crippen molar-refractivity contribution in [2.45, 2.75) is 30.8 Å². The number of imidazole rings is 1. The molecule has 0 aromatic carbocycles. The number of carbonyl (C=O) groups is 1. The number of nitrogens with one attached hydrogen (secondary N) is 1. The van der Waals surface area contributed by atoms with Gasteiger partial charge in [0.05, 0.1) is 0 Å². The largest absolute Gasteiger partial charge is 0.381 e. The van der Waals surface area contributed by atoms with Crippen molar-refractivity contribution >= 4 is 16.1 Å². The van der Waals surface area contributed by atoms with Crippen LogP contribution in [0.4, 0.5) is 4.79 Å². The normalized spacial score (nSPS) is 16.0. The molecule has 1 aromatic heterocycles. The van der Waals surface area contributed by atoms with Crippen LogP contribution >= 0.6 is 0 Å². The van der Waals surface area contributed by atoms with E-state index >= 15 is 0 Å². The van der Waals surface area contributed by atoms with Gasteiger partial charge < -0.3 is 19.1 Å². The number of aryl methyl sites for hydroxylation is 2. The van der Waals surface area contributed by atoms with E-state index in [-0.39, 0.29) is 23.6 Å². The van der Waals surface area contributed by atoms with E-state index in [9.17, 15) is 13.2 Å². The lowest BCUT2D eigenvalue weighted by atomic mass is 10.1. The molecule has 1 N–H and O–H groups in total. The Bertz CT molecular complexity index is 675. The lowest BCUT2D eigenvalue weighted by Gasteiger charge is -2.36. The summed E-state index contributed by atoms with van der Waals surface area (Å²) in [7, 11) is 1.43. The van der Waals surface area contributed by atoms with Crippen LogP contribution in [0.5, 0.6) is 0 Å². The molecule has 0 saturated carbocycles. The molecule has 0 bridgehead atoms. The fraction of sp³-hybridized carbons (Fsp3) is 0.733. The third-order valence-electron chi connectivity index (χ3n) is 4.27. The summed E-state index contributed by atoms with van der Waals surface area (Å²) in [6.45, 7) is 3.39. The van der Waals surface area contributed by atoms with E-state index in [1.807, 2.05) is 0 Å². The second kappa shape index (κ2) is 8.15. The summed E-state index contributed by atoms with van der Waals surface area (Å²) in [6.07, 6.45) is 2.98. The summed E-state index contributed by atoms with van der Waals surface area (Å²) in [4.78, 5) is 19.7. The standard InChI is InChI=1S/C15H27N5O4S/c1-12-17-14(11-19(12)4)25(22,23)16-7-8-20(15(21)18(2)3)13-5-9-24-10-6-13/h11,13,16H,5-10H2,1-4H3. The van der Waals surface area contributed by atoms with Crippen LogP contribution < -0.4 is 4.72 Å². The van der Waals surface area contributed by atoms with Crippen molar-refractivity contribution in [2.75, 3.05) is 40.4 Å². The molecule has 2 rings (SSSR count). The minimum absolute atomic E-state index is 0.0101. The molecule has 0 unspecified atom stereocenters. The number of rotatable bonds is 6. The van der Waals surface area contributed by atoms with Crippen molar-refractivity contribution in [3.05, 3.63) is 12.0 Å². The van der Waals surface area contributed by atoms with E-state index in [1.54, 1.807) is 37.5 Å². The molecule has 1 aliphatic heterocycles. The van der Waals surface area contributed by atoms with Crippen LogP contribution in [0.15, 0.2) is 11.2 Å². The molecule has 25 heavy (non-hydrogen) atoms. The van der Waals surface area contributed by atoms with Gasteiger partial charge in [-0.25, -0.2) is 22.9 Å². The minimum Gasteiger partial charge on any atom is -0.381 e. The van der Waals surface area contributed by atoms with Crippen LogP contribution in [0.25, 0.3) is 0 Å². The average molecular weight is 373 g/mol. The Labute approximate surface area is 149 Å². The SMILES string of the molecule is Cc1nc(S(=O)(=O)NCCN(C(=O)N(C)C)C2CCOCC2)cn1C. The Morgan fingerprint density at radius 3 is 2.56 bits per heavy atom. The number of amides is 2. The quantitative estimate of drug-likeness (QED) is 0.767. The van der Waals surface area contributed by atoms with Crippen molar-refractivity contribution in [2.24, 2.45) is 7.05 Å². The lowest BCUT2D eigenvalue weighted by Crippen LogP contribution is -2.50. The second-order valence-corrected chi connectivity index (χ2v) is 8.06. The molecular formula is C15H27N5O4S. The fourth-order valence-corrected chi connectivity index (χ4v) is 3.78. The van der Waals surface area contributed by atoms with Gasteiger partial charge in [-0.2, -0.15) is 0 Å². The van der Waals surface area contributed by atoms with E-state index in [1.165, 1.54) is 11.1 Å². The van der Waals surface area contributed by atoms with Crippen molar-refractivity contribution in [3.8, 4) is 0 Å². The number of nitrogens with zero attached hydrogens (tertiary/aromatic N) is 4. The van der Waals surface area contributed by atoms with Gasteiger partial charge in [0, 0.05) is 59.7 Å². The van der Waals surface area contributed by atoms with Crippen LogP contribution in [0.2, 0.25) is 0 Å². The van der Waals surface area contributed by atoms with Gasteiger partial charge in [0.1, 0.15) is 5.82 Å². The second-order valence-electron chi connectivity index (χ2n) is 6.35. The van der Waals surface area contributed by atoms with Crippen LogP contribution in [0.1, 0.15) is 18.7 Å². The first-order valence-corrected chi connectivity index (χ1v) is 9.76. The highest BCUT2D eigenvalue weighted by atomic mass is 32.2.